The van der Waals surface area contributed by atoms with Crippen molar-refractivity contribution in [2.75, 3.05) is 40.1 Å². The Morgan fingerprint density at radius 3 is 2.75 bits per heavy atom. The first-order valence-electron chi connectivity index (χ1n) is 9.47. The van der Waals surface area contributed by atoms with E-state index in [0.29, 0.717) is 32.5 Å². The van der Waals surface area contributed by atoms with E-state index in [-0.39, 0.29) is 30.1 Å². The average molecular weight is 504 g/mol. The molecule has 2 aliphatic heterocycles. The van der Waals surface area contributed by atoms with Gasteiger partial charge in [0, 0.05) is 32.7 Å². The molecule has 0 aromatic heterocycles. The molecular formula is C19H29IN4O4. The van der Waals surface area contributed by atoms with Crippen LogP contribution >= 0.6 is 24.0 Å². The number of halogens is 1. The summed E-state index contributed by atoms with van der Waals surface area (Å²) in [4.78, 5) is 17.8. The molecular weight excluding hydrogens is 475 g/mol. The van der Waals surface area contributed by atoms with Gasteiger partial charge in [0.2, 0.25) is 6.79 Å². The summed E-state index contributed by atoms with van der Waals surface area (Å²) in [6.45, 7) is 4.70. The third kappa shape index (κ3) is 6.05. The van der Waals surface area contributed by atoms with E-state index >= 15 is 0 Å². The highest BCUT2D eigenvalue weighted by molar-refractivity contribution is 14.0. The highest BCUT2D eigenvalue weighted by Gasteiger charge is 2.24. The third-order valence-corrected chi connectivity index (χ3v) is 4.73. The second-order valence-electron chi connectivity index (χ2n) is 6.54. The van der Waals surface area contributed by atoms with Crippen molar-refractivity contribution in [3.05, 3.63) is 23.8 Å². The number of likely N-dealkylation sites (tertiary alicyclic amines) is 1. The zero-order valence-electron chi connectivity index (χ0n) is 16.4. The minimum Gasteiger partial charge on any atom is -0.454 e. The standard InChI is InChI=1S/C19H28N4O4.HI/c1-3-25-19(24)23-10-7-15(8-11-23)22-18(20-2)21-9-6-14-4-5-16-17(12-14)27-13-26-16;/h4-5,12,15H,3,6-11,13H2,1-2H3,(H2,20,21,22);1H. The molecule has 2 heterocycles. The van der Waals surface area contributed by atoms with Crippen LogP contribution in [0, 0.1) is 0 Å². The van der Waals surface area contributed by atoms with Gasteiger partial charge >= 0.3 is 6.09 Å². The van der Waals surface area contributed by atoms with Crippen LogP contribution in [0.2, 0.25) is 0 Å². The number of nitrogens with one attached hydrogen (secondary N) is 2. The molecule has 156 valence electrons. The number of carbonyl (C=O) groups is 1. The largest absolute Gasteiger partial charge is 0.454 e. The maximum atomic E-state index is 11.8. The third-order valence-electron chi connectivity index (χ3n) is 4.73. The molecule has 1 saturated heterocycles. The van der Waals surface area contributed by atoms with Gasteiger partial charge in [0.25, 0.3) is 0 Å². The van der Waals surface area contributed by atoms with Crippen LogP contribution in [0.15, 0.2) is 23.2 Å². The molecule has 0 bridgehead atoms. The molecule has 0 spiro atoms. The number of piperidine rings is 1. The monoisotopic (exact) mass is 504 g/mol. The topological polar surface area (TPSA) is 84.4 Å². The summed E-state index contributed by atoms with van der Waals surface area (Å²) in [7, 11) is 1.77. The van der Waals surface area contributed by atoms with Gasteiger partial charge in [-0.1, -0.05) is 6.07 Å². The fourth-order valence-electron chi connectivity index (χ4n) is 3.23. The highest BCUT2D eigenvalue weighted by Crippen LogP contribution is 2.32. The van der Waals surface area contributed by atoms with Crippen molar-refractivity contribution in [2.45, 2.75) is 32.2 Å². The smallest absolute Gasteiger partial charge is 0.409 e. The van der Waals surface area contributed by atoms with Gasteiger partial charge in [-0.3, -0.25) is 4.99 Å². The van der Waals surface area contributed by atoms with E-state index in [4.69, 9.17) is 14.2 Å². The Bertz CT molecular complexity index is 678. The number of hydrogen-bond donors (Lipinski definition) is 2. The van der Waals surface area contributed by atoms with Crippen LogP contribution in [0.25, 0.3) is 0 Å². The first kappa shape index (κ1) is 22.4. The molecule has 8 nitrogen and oxygen atoms in total. The minimum absolute atomic E-state index is 0. The number of fused-ring (bicyclic) bond motifs is 1. The highest BCUT2D eigenvalue weighted by atomic mass is 127. The van der Waals surface area contributed by atoms with E-state index in [2.05, 4.69) is 21.7 Å². The lowest BCUT2D eigenvalue weighted by Crippen LogP contribution is -2.50. The summed E-state index contributed by atoms with van der Waals surface area (Å²) in [6.07, 6.45) is 2.39. The molecule has 1 aromatic carbocycles. The summed E-state index contributed by atoms with van der Waals surface area (Å²) < 4.78 is 15.8. The zero-order valence-corrected chi connectivity index (χ0v) is 18.7. The van der Waals surface area contributed by atoms with Gasteiger partial charge in [0.05, 0.1) is 6.61 Å². The predicted octanol–water partition coefficient (Wildman–Crippen LogP) is 2.36. The number of benzene rings is 1. The van der Waals surface area contributed by atoms with Crippen molar-refractivity contribution in [3.63, 3.8) is 0 Å². The number of hydrogen-bond acceptors (Lipinski definition) is 5. The van der Waals surface area contributed by atoms with Crippen LogP contribution in [-0.4, -0.2) is 63.1 Å². The number of rotatable bonds is 5. The first-order valence-corrected chi connectivity index (χ1v) is 9.47. The molecule has 0 unspecified atom stereocenters. The second kappa shape index (κ2) is 11.2. The number of amides is 1. The molecule has 3 rings (SSSR count). The zero-order chi connectivity index (χ0) is 19.1. The lowest BCUT2D eigenvalue weighted by molar-refractivity contribution is 0.0963. The molecule has 2 N–H and O–H groups in total. The molecule has 0 aliphatic carbocycles. The number of nitrogens with zero attached hydrogens (tertiary/aromatic N) is 2. The number of guanidine groups is 1. The maximum Gasteiger partial charge on any atom is 0.409 e. The fraction of sp³-hybridized carbons (Fsp3) is 0.579. The molecule has 0 atom stereocenters. The summed E-state index contributed by atoms with van der Waals surface area (Å²) in [6, 6.07) is 6.32. The van der Waals surface area contributed by atoms with E-state index < -0.39 is 0 Å². The molecule has 28 heavy (non-hydrogen) atoms. The van der Waals surface area contributed by atoms with Gasteiger partial charge in [-0.25, -0.2) is 4.79 Å². The van der Waals surface area contributed by atoms with Crippen LogP contribution in [0.4, 0.5) is 4.79 Å². The molecule has 9 heteroatoms. The van der Waals surface area contributed by atoms with E-state index in [1.165, 1.54) is 5.56 Å². The van der Waals surface area contributed by atoms with Gasteiger partial charge in [-0.05, 0) is 43.9 Å². The SMILES string of the molecule is CCOC(=O)N1CCC(NC(=NC)NCCc2ccc3c(c2)OCO3)CC1.I. The maximum absolute atomic E-state index is 11.8. The van der Waals surface area contributed by atoms with Gasteiger partial charge in [0.1, 0.15) is 0 Å². The Hall–Kier alpha value is -1.91. The van der Waals surface area contributed by atoms with Crippen molar-refractivity contribution in [1.29, 1.82) is 0 Å². The lowest BCUT2D eigenvalue weighted by Gasteiger charge is -2.32. The lowest BCUT2D eigenvalue weighted by atomic mass is 10.1. The quantitative estimate of drug-likeness (QED) is 0.364. The van der Waals surface area contributed by atoms with Crippen LogP contribution in [0.1, 0.15) is 25.3 Å². The molecule has 0 saturated carbocycles. The summed E-state index contributed by atoms with van der Waals surface area (Å²) in [5.41, 5.74) is 1.19. The van der Waals surface area contributed by atoms with Crippen molar-refractivity contribution in [3.8, 4) is 11.5 Å². The number of aliphatic imine (C=N–C) groups is 1. The number of carbonyl (C=O) groups excluding carboxylic acids is 1. The van der Waals surface area contributed by atoms with E-state index in [1.54, 1.807) is 11.9 Å². The van der Waals surface area contributed by atoms with Crippen molar-refractivity contribution in [1.82, 2.24) is 15.5 Å². The Morgan fingerprint density at radius 2 is 2.04 bits per heavy atom. The van der Waals surface area contributed by atoms with Gasteiger partial charge in [-0.2, -0.15) is 0 Å². The molecule has 1 amide bonds. The fourth-order valence-corrected chi connectivity index (χ4v) is 3.23. The summed E-state index contributed by atoms with van der Waals surface area (Å²) in [5, 5.41) is 6.79. The summed E-state index contributed by atoms with van der Waals surface area (Å²) in [5.74, 6) is 2.40. The van der Waals surface area contributed by atoms with E-state index in [0.717, 1.165) is 43.3 Å². The Labute approximate surface area is 183 Å². The van der Waals surface area contributed by atoms with E-state index in [1.807, 2.05) is 19.1 Å². The second-order valence-corrected chi connectivity index (χ2v) is 6.54. The van der Waals surface area contributed by atoms with Crippen LogP contribution < -0.4 is 20.1 Å². The summed E-state index contributed by atoms with van der Waals surface area (Å²) >= 11 is 0. The molecule has 1 fully saturated rings. The molecule has 1 aromatic rings. The Kier molecular flexibility index (Phi) is 8.94. The normalized spacial score (nSPS) is 16.4. The van der Waals surface area contributed by atoms with Crippen LogP contribution in [0.3, 0.4) is 0 Å². The van der Waals surface area contributed by atoms with Gasteiger partial charge < -0.3 is 29.7 Å². The first-order chi connectivity index (χ1) is 13.2. The van der Waals surface area contributed by atoms with Gasteiger partial charge in [0.15, 0.2) is 17.5 Å². The minimum atomic E-state index is -0.220. The van der Waals surface area contributed by atoms with Crippen molar-refractivity contribution < 1.29 is 19.0 Å². The van der Waals surface area contributed by atoms with E-state index in [9.17, 15) is 4.79 Å². The number of ether oxygens (including phenoxy) is 3. The molecule has 0 radical (unpaired) electrons. The van der Waals surface area contributed by atoms with Gasteiger partial charge in [-0.15, -0.1) is 24.0 Å². The molecule has 2 aliphatic rings. The van der Waals surface area contributed by atoms with Crippen LogP contribution in [-0.2, 0) is 11.2 Å². The average Bonchev–Trinajstić information content (AvgIpc) is 3.15. The Morgan fingerprint density at radius 1 is 1.29 bits per heavy atom. The van der Waals surface area contributed by atoms with Crippen molar-refractivity contribution >= 4 is 36.0 Å². The van der Waals surface area contributed by atoms with Crippen molar-refractivity contribution in [2.24, 2.45) is 4.99 Å². The Balaban J connectivity index is 0.00000280. The predicted molar refractivity (Wildman–Crippen MR) is 118 cm³/mol. The van der Waals surface area contributed by atoms with Crippen LogP contribution in [0.5, 0.6) is 11.5 Å².